The van der Waals surface area contributed by atoms with Crippen LogP contribution in [0.1, 0.15) is 32.6 Å². The van der Waals surface area contributed by atoms with E-state index in [1.54, 1.807) is 0 Å². The van der Waals surface area contributed by atoms with Crippen molar-refractivity contribution in [2.24, 2.45) is 0 Å². The average molecular weight is 160 g/mol. The van der Waals surface area contributed by atoms with Crippen molar-refractivity contribution in [1.82, 2.24) is 0 Å². The summed E-state index contributed by atoms with van der Waals surface area (Å²) in [5.74, 6) is 0.454. The SMILES string of the molecule is CC(O)CO.O=C1CCCC1. The second-order valence-electron chi connectivity index (χ2n) is 2.78. The quantitative estimate of drug-likeness (QED) is 0.587. The zero-order chi connectivity index (χ0) is 8.69. The first-order valence-electron chi connectivity index (χ1n) is 3.97. The predicted molar refractivity (Wildman–Crippen MR) is 42.2 cm³/mol. The Morgan fingerprint density at radius 3 is 1.91 bits per heavy atom. The van der Waals surface area contributed by atoms with Crippen LogP contribution >= 0.6 is 0 Å². The van der Waals surface area contributed by atoms with Crippen LogP contribution in [-0.4, -0.2) is 28.7 Å². The summed E-state index contributed by atoms with van der Waals surface area (Å²) in [5, 5.41) is 16.0. The van der Waals surface area contributed by atoms with Crippen LogP contribution in [0.3, 0.4) is 0 Å². The summed E-state index contributed by atoms with van der Waals surface area (Å²) in [4.78, 5) is 10.2. The Morgan fingerprint density at radius 2 is 1.82 bits per heavy atom. The van der Waals surface area contributed by atoms with Crippen molar-refractivity contribution < 1.29 is 15.0 Å². The molecule has 1 atom stereocenters. The maximum absolute atomic E-state index is 10.2. The monoisotopic (exact) mass is 160 g/mol. The van der Waals surface area contributed by atoms with E-state index < -0.39 is 6.10 Å². The number of hydrogen-bond acceptors (Lipinski definition) is 3. The zero-order valence-corrected chi connectivity index (χ0v) is 6.92. The highest BCUT2D eigenvalue weighted by molar-refractivity contribution is 5.79. The number of carbonyl (C=O) groups excluding carboxylic acids is 1. The number of rotatable bonds is 1. The molecule has 0 bridgehead atoms. The lowest BCUT2D eigenvalue weighted by atomic mass is 10.4. The van der Waals surface area contributed by atoms with Crippen LogP contribution in [0.25, 0.3) is 0 Å². The van der Waals surface area contributed by atoms with Gasteiger partial charge in [0.2, 0.25) is 0 Å². The predicted octanol–water partition coefficient (Wildman–Crippen LogP) is 0.489. The third-order valence-corrected chi connectivity index (χ3v) is 1.43. The minimum Gasteiger partial charge on any atom is -0.394 e. The van der Waals surface area contributed by atoms with Gasteiger partial charge >= 0.3 is 0 Å². The van der Waals surface area contributed by atoms with Crippen LogP contribution in [0.15, 0.2) is 0 Å². The molecule has 66 valence electrons. The summed E-state index contributed by atoms with van der Waals surface area (Å²) in [6.45, 7) is 1.39. The molecular formula is C8H16O3. The molecule has 1 fully saturated rings. The van der Waals surface area contributed by atoms with Gasteiger partial charge in [-0.25, -0.2) is 0 Å². The van der Waals surface area contributed by atoms with Gasteiger partial charge in [0.25, 0.3) is 0 Å². The van der Waals surface area contributed by atoms with E-state index in [9.17, 15) is 4.79 Å². The second-order valence-corrected chi connectivity index (χ2v) is 2.78. The summed E-state index contributed by atoms with van der Waals surface area (Å²) in [6, 6.07) is 0. The summed E-state index contributed by atoms with van der Waals surface area (Å²) < 4.78 is 0. The number of aliphatic hydroxyl groups is 2. The van der Waals surface area contributed by atoms with Crippen molar-refractivity contribution in [3.63, 3.8) is 0 Å². The second kappa shape index (κ2) is 6.31. The summed E-state index contributed by atoms with van der Waals surface area (Å²) in [6.07, 6.45) is 3.41. The summed E-state index contributed by atoms with van der Waals surface area (Å²) in [5.41, 5.74) is 0. The van der Waals surface area contributed by atoms with Crippen molar-refractivity contribution in [2.75, 3.05) is 6.61 Å². The van der Waals surface area contributed by atoms with Gasteiger partial charge in [-0.1, -0.05) is 0 Å². The fourth-order valence-corrected chi connectivity index (χ4v) is 0.769. The highest BCUT2D eigenvalue weighted by Gasteiger charge is 2.07. The summed E-state index contributed by atoms with van der Waals surface area (Å²) in [7, 11) is 0. The van der Waals surface area contributed by atoms with E-state index in [0.717, 1.165) is 25.7 Å². The molecule has 0 aromatic carbocycles. The Kier molecular flexibility index (Phi) is 6.07. The molecule has 11 heavy (non-hydrogen) atoms. The van der Waals surface area contributed by atoms with E-state index in [2.05, 4.69) is 0 Å². The maximum Gasteiger partial charge on any atom is 0.132 e. The third-order valence-electron chi connectivity index (χ3n) is 1.43. The molecule has 1 aliphatic carbocycles. The Morgan fingerprint density at radius 1 is 1.45 bits per heavy atom. The molecule has 3 nitrogen and oxygen atoms in total. The van der Waals surface area contributed by atoms with E-state index in [1.807, 2.05) is 0 Å². The first-order valence-corrected chi connectivity index (χ1v) is 3.97. The molecule has 0 saturated heterocycles. The van der Waals surface area contributed by atoms with Crippen molar-refractivity contribution in [3.05, 3.63) is 0 Å². The average Bonchev–Trinajstić information content (AvgIpc) is 2.41. The fourth-order valence-electron chi connectivity index (χ4n) is 0.769. The van der Waals surface area contributed by atoms with Crippen molar-refractivity contribution >= 4 is 5.78 Å². The molecule has 0 aliphatic heterocycles. The van der Waals surface area contributed by atoms with Gasteiger partial charge in [0.05, 0.1) is 12.7 Å². The van der Waals surface area contributed by atoms with Crippen LogP contribution in [0.5, 0.6) is 0 Å². The van der Waals surface area contributed by atoms with Crippen LogP contribution in [0.4, 0.5) is 0 Å². The standard InChI is InChI=1S/C5H8O.C3H8O2/c6-5-3-1-2-4-5;1-3(5)2-4/h1-4H2;3-5H,2H2,1H3. The molecule has 0 aromatic heterocycles. The van der Waals surface area contributed by atoms with Crippen molar-refractivity contribution in [2.45, 2.75) is 38.7 Å². The van der Waals surface area contributed by atoms with Gasteiger partial charge in [-0.15, -0.1) is 0 Å². The van der Waals surface area contributed by atoms with Gasteiger partial charge in [0.1, 0.15) is 5.78 Å². The van der Waals surface area contributed by atoms with E-state index in [4.69, 9.17) is 10.2 Å². The Balaban J connectivity index is 0.000000187. The van der Waals surface area contributed by atoms with E-state index in [1.165, 1.54) is 6.92 Å². The fraction of sp³-hybridized carbons (Fsp3) is 0.875. The molecule has 0 radical (unpaired) electrons. The summed E-state index contributed by atoms with van der Waals surface area (Å²) >= 11 is 0. The first kappa shape index (κ1) is 10.6. The van der Waals surface area contributed by atoms with Crippen LogP contribution < -0.4 is 0 Å². The number of ketones is 1. The van der Waals surface area contributed by atoms with Gasteiger partial charge in [0.15, 0.2) is 0 Å². The number of Topliss-reactive ketones (excluding diaryl/α,β-unsaturated/α-hetero) is 1. The molecule has 0 heterocycles. The topological polar surface area (TPSA) is 57.5 Å². The van der Waals surface area contributed by atoms with Gasteiger partial charge in [-0.3, -0.25) is 4.79 Å². The van der Waals surface area contributed by atoms with E-state index in [0.29, 0.717) is 5.78 Å². The normalized spacial score (nSPS) is 19.0. The molecule has 0 amide bonds. The van der Waals surface area contributed by atoms with Crippen LogP contribution in [0.2, 0.25) is 0 Å². The number of carbonyl (C=O) groups is 1. The lowest BCUT2D eigenvalue weighted by Gasteiger charge is -1.90. The highest BCUT2D eigenvalue weighted by Crippen LogP contribution is 2.11. The van der Waals surface area contributed by atoms with Crippen LogP contribution in [-0.2, 0) is 4.79 Å². The maximum atomic E-state index is 10.2. The molecule has 1 rings (SSSR count). The smallest absolute Gasteiger partial charge is 0.132 e. The van der Waals surface area contributed by atoms with Crippen molar-refractivity contribution in [3.8, 4) is 0 Å². The minimum atomic E-state index is -0.560. The minimum absolute atomic E-state index is 0.139. The van der Waals surface area contributed by atoms with E-state index >= 15 is 0 Å². The van der Waals surface area contributed by atoms with Crippen molar-refractivity contribution in [1.29, 1.82) is 0 Å². The Hall–Kier alpha value is -0.410. The molecule has 2 N–H and O–H groups in total. The zero-order valence-electron chi connectivity index (χ0n) is 6.92. The molecule has 3 heteroatoms. The van der Waals surface area contributed by atoms with Crippen LogP contribution in [0, 0.1) is 0 Å². The molecule has 1 aliphatic rings. The molecule has 0 aromatic rings. The number of hydrogen-bond donors (Lipinski definition) is 2. The number of aliphatic hydroxyl groups excluding tert-OH is 2. The Labute approximate surface area is 67.0 Å². The van der Waals surface area contributed by atoms with Gasteiger partial charge in [0, 0.05) is 12.8 Å². The Bertz CT molecular complexity index is 102. The third kappa shape index (κ3) is 7.49. The molecule has 1 saturated carbocycles. The lowest BCUT2D eigenvalue weighted by Crippen LogP contribution is -2.03. The first-order chi connectivity index (χ1) is 5.16. The largest absolute Gasteiger partial charge is 0.394 e. The lowest BCUT2D eigenvalue weighted by molar-refractivity contribution is -0.117. The van der Waals surface area contributed by atoms with Gasteiger partial charge < -0.3 is 10.2 Å². The van der Waals surface area contributed by atoms with Gasteiger partial charge in [-0.05, 0) is 19.8 Å². The highest BCUT2D eigenvalue weighted by atomic mass is 16.3. The molecular weight excluding hydrogens is 144 g/mol. The molecule has 1 unspecified atom stereocenters. The van der Waals surface area contributed by atoms with E-state index in [-0.39, 0.29) is 6.61 Å². The van der Waals surface area contributed by atoms with Gasteiger partial charge in [-0.2, -0.15) is 0 Å². The molecule has 0 spiro atoms.